The van der Waals surface area contributed by atoms with E-state index in [0.717, 1.165) is 0 Å². The minimum atomic E-state index is -0.690. The standard InChI is InChI=1S/C15H16N2O4/c1-10(16-15(19)13-4-3-9-21-13)14(18)17-11-5-7-12(20-2)8-6-11/h3-10H,1-2H3,(H,16,19)(H,17,18). The van der Waals surface area contributed by atoms with Gasteiger partial charge in [0.15, 0.2) is 5.76 Å². The Kier molecular flexibility index (Phi) is 4.61. The normalized spacial score (nSPS) is 11.5. The quantitative estimate of drug-likeness (QED) is 0.882. The largest absolute Gasteiger partial charge is 0.497 e. The summed E-state index contributed by atoms with van der Waals surface area (Å²) in [6, 6.07) is 9.36. The van der Waals surface area contributed by atoms with Crippen LogP contribution in [0.1, 0.15) is 17.5 Å². The highest BCUT2D eigenvalue weighted by atomic mass is 16.5. The van der Waals surface area contributed by atoms with Crippen LogP contribution in [0.15, 0.2) is 47.1 Å². The van der Waals surface area contributed by atoms with Crippen LogP contribution in [0.2, 0.25) is 0 Å². The maximum atomic E-state index is 12.0. The maximum Gasteiger partial charge on any atom is 0.287 e. The third kappa shape index (κ3) is 3.85. The van der Waals surface area contributed by atoms with E-state index in [0.29, 0.717) is 11.4 Å². The van der Waals surface area contributed by atoms with Gasteiger partial charge < -0.3 is 19.8 Å². The van der Waals surface area contributed by atoms with Crippen molar-refractivity contribution in [2.24, 2.45) is 0 Å². The number of hydrogen-bond donors (Lipinski definition) is 2. The lowest BCUT2D eigenvalue weighted by Crippen LogP contribution is -2.41. The minimum Gasteiger partial charge on any atom is -0.497 e. The third-order valence-corrected chi connectivity index (χ3v) is 2.84. The summed E-state index contributed by atoms with van der Waals surface area (Å²) in [6.07, 6.45) is 1.40. The highest BCUT2D eigenvalue weighted by Gasteiger charge is 2.18. The number of nitrogens with one attached hydrogen (secondary N) is 2. The summed E-state index contributed by atoms with van der Waals surface area (Å²) in [5.74, 6) is 0.115. The Labute approximate surface area is 122 Å². The predicted octanol–water partition coefficient (Wildman–Crippen LogP) is 2.05. The van der Waals surface area contributed by atoms with E-state index in [4.69, 9.17) is 9.15 Å². The molecule has 0 saturated heterocycles. The smallest absolute Gasteiger partial charge is 0.287 e. The van der Waals surface area contributed by atoms with Crippen LogP contribution < -0.4 is 15.4 Å². The maximum absolute atomic E-state index is 12.0. The second-order valence-corrected chi connectivity index (χ2v) is 4.39. The first-order chi connectivity index (χ1) is 10.1. The van der Waals surface area contributed by atoms with Crippen molar-refractivity contribution in [3.8, 4) is 5.75 Å². The summed E-state index contributed by atoms with van der Waals surface area (Å²) in [4.78, 5) is 23.7. The van der Waals surface area contributed by atoms with Crippen molar-refractivity contribution in [2.75, 3.05) is 12.4 Å². The lowest BCUT2D eigenvalue weighted by Gasteiger charge is -2.13. The predicted molar refractivity (Wildman–Crippen MR) is 77.3 cm³/mol. The van der Waals surface area contributed by atoms with Crippen molar-refractivity contribution in [2.45, 2.75) is 13.0 Å². The fourth-order valence-electron chi connectivity index (χ4n) is 1.67. The fraction of sp³-hybridized carbons (Fsp3) is 0.200. The van der Waals surface area contributed by atoms with Crippen molar-refractivity contribution < 1.29 is 18.7 Å². The highest BCUT2D eigenvalue weighted by molar-refractivity contribution is 5.99. The number of furan rings is 1. The molecule has 0 aliphatic rings. The van der Waals surface area contributed by atoms with E-state index in [1.54, 1.807) is 44.4 Å². The Morgan fingerprint density at radius 2 is 1.90 bits per heavy atom. The molecule has 0 radical (unpaired) electrons. The van der Waals surface area contributed by atoms with Gasteiger partial charge in [-0.25, -0.2) is 0 Å². The average Bonchev–Trinajstić information content (AvgIpc) is 3.02. The zero-order valence-electron chi connectivity index (χ0n) is 11.8. The Hall–Kier alpha value is -2.76. The summed E-state index contributed by atoms with van der Waals surface area (Å²) >= 11 is 0. The number of amides is 2. The second-order valence-electron chi connectivity index (χ2n) is 4.39. The van der Waals surface area contributed by atoms with Gasteiger partial charge in [-0.3, -0.25) is 9.59 Å². The Morgan fingerprint density at radius 3 is 2.48 bits per heavy atom. The van der Waals surface area contributed by atoms with Gasteiger partial charge in [0.05, 0.1) is 13.4 Å². The van der Waals surface area contributed by atoms with Crippen LogP contribution in [0.3, 0.4) is 0 Å². The third-order valence-electron chi connectivity index (χ3n) is 2.84. The number of anilines is 1. The van der Waals surface area contributed by atoms with E-state index in [-0.39, 0.29) is 11.7 Å². The number of rotatable bonds is 5. The molecule has 0 spiro atoms. The molecule has 2 aromatic rings. The molecule has 2 amide bonds. The molecular weight excluding hydrogens is 272 g/mol. The molecule has 110 valence electrons. The van der Waals surface area contributed by atoms with Crippen LogP contribution in [-0.4, -0.2) is 25.0 Å². The molecule has 1 atom stereocenters. The number of carbonyl (C=O) groups is 2. The number of methoxy groups -OCH3 is 1. The molecule has 1 aromatic heterocycles. The van der Waals surface area contributed by atoms with E-state index >= 15 is 0 Å². The van der Waals surface area contributed by atoms with Crippen LogP contribution in [0.25, 0.3) is 0 Å². The van der Waals surface area contributed by atoms with Crippen LogP contribution in [0.4, 0.5) is 5.69 Å². The van der Waals surface area contributed by atoms with Gasteiger partial charge in [0, 0.05) is 5.69 Å². The van der Waals surface area contributed by atoms with Crippen molar-refractivity contribution in [1.29, 1.82) is 0 Å². The zero-order chi connectivity index (χ0) is 15.2. The summed E-state index contributed by atoms with van der Waals surface area (Å²) in [6.45, 7) is 1.60. The molecule has 21 heavy (non-hydrogen) atoms. The molecule has 0 bridgehead atoms. The van der Waals surface area contributed by atoms with E-state index in [1.807, 2.05) is 0 Å². The van der Waals surface area contributed by atoms with Crippen LogP contribution in [0.5, 0.6) is 5.75 Å². The molecule has 6 heteroatoms. The van der Waals surface area contributed by atoms with Crippen LogP contribution in [0, 0.1) is 0 Å². The Bertz CT molecular complexity index is 605. The highest BCUT2D eigenvalue weighted by Crippen LogP contribution is 2.15. The molecule has 0 saturated carbocycles. The first-order valence-electron chi connectivity index (χ1n) is 6.39. The molecule has 2 rings (SSSR count). The second kappa shape index (κ2) is 6.60. The van der Waals surface area contributed by atoms with Gasteiger partial charge in [-0.05, 0) is 43.3 Å². The zero-order valence-corrected chi connectivity index (χ0v) is 11.8. The number of ether oxygens (including phenoxy) is 1. The van der Waals surface area contributed by atoms with Crippen molar-refractivity contribution in [1.82, 2.24) is 5.32 Å². The van der Waals surface area contributed by atoms with Crippen molar-refractivity contribution >= 4 is 17.5 Å². The van der Waals surface area contributed by atoms with Gasteiger partial charge in [-0.1, -0.05) is 0 Å². The average molecular weight is 288 g/mol. The summed E-state index contributed by atoms with van der Waals surface area (Å²) < 4.78 is 10.00. The van der Waals surface area contributed by atoms with Crippen LogP contribution >= 0.6 is 0 Å². The van der Waals surface area contributed by atoms with Gasteiger partial charge in [-0.15, -0.1) is 0 Å². The first-order valence-corrected chi connectivity index (χ1v) is 6.39. The van der Waals surface area contributed by atoms with E-state index in [2.05, 4.69) is 10.6 Å². The van der Waals surface area contributed by atoms with E-state index in [9.17, 15) is 9.59 Å². The molecule has 0 fully saturated rings. The van der Waals surface area contributed by atoms with Gasteiger partial charge in [0.25, 0.3) is 5.91 Å². The molecule has 1 aromatic carbocycles. The van der Waals surface area contributed by atoms with Gasteiger partial charge >= 0.3 is 0 Å². The molecule has 0 aliphatic carbocycles. The SMILES string of the molecule is COc1ccc(NC(=O)C(C)NC(=O)c2ccco2)cc1. The van der Waals surface area contributed by atoms with Crippen molar-refractivity contribution in [3.05, 3.63) is 48.4 Å². The van der Waals surface area contributed by atoms with Gasteiger partial charge in [0.1, 0.15) is 11.8 Å². The molecule has 1 unspecified atom stereocenters. The summed E-state index contributed by atoms with van der Waals surface area (Å²) in [5.41, 5.74) is 0.625. The molecule has 6 nitrogen and oxygen atoms in total. The van der Waals surface area contributed by atoms with Gasteiger partial charge in [0.2, 0.25) is 5.91 Å². The summed E-state index contributed by atoms with van der Waals surface area (Å²) in [7, 11) is 1.57. The Morgan fingerprint density at radius 1 is 1.19 bits per heavy atom. The molecule has 1 heterocycles. The van der Waals surface area contributed by atoms with E-state index in [1.165, 1.54) is 12.3 Å². The summed E-state index contributed by atoms with van der Waals surface area (Å²) in [5, 5.41) is 5.26. The molecule has 2 N–H and O–H groups in total. The number of hydrogen-bond acceptors (Lipinski definition) is 4. The fourth-order valence-corrected chi connectivity index (χ4v) is 1.67. The van der Waals surface area contributed by atoms with Crippen LogP contribution in [-0.2, 0) is 4.79 Å². The van der Waals surface area contributed by atoms with Gasteiger partial charge in [-0.2, -0.15) is 0 Å². The lowest BCUT2D eigenvalue weighted by atomic mass is 10.2. The number of benzene rings is 1. The minimum absolute atomic E-state index is 0.166. The lowest BCUT2D eigenvalue weighted by molar-refractivity contribution is -0.117. The molecule has 0 aliphatic heterocycles. The Balaban J connectivity index is 1.91. The first kappa shape index (κ1) is 14.6. The number of carbonyl (C=O) groups excluding carboxylic acids is 2. The molecular formula is C15H16N2O4. The monoisotopic (exact) mass is 288 g/mol. The topological polar surface area (TPSA) is 80.6 Å². The van der Waals surface area contributed by atoms with Crippen molar-refractivity contribution in [3.63, 3.8) is 0 Å². The van der Waals surface area contributed by atoms with E-state index < -0.39 is 11.9 Å².